The highest BCUT2D eigenvalue weighted by Crippen LogP contribution is 2.24. The minimum Gasteiger partial charge on any atom is -0.329 e. The van der Waals surface area contributed by atoms with E-state index < -0.39 is 0 Å². The van der Waals surface area contributed by atoms with Gasteiger partial charge in [-0.05, 0) is 44.2 Å². The van der Waals surface area contributed by atoms with Crippen LogP contribution in [0.5, 0.6) is 0 Å². The number of nitrogens with zero attached hydrogens (tertiary/aromatic N) is 2. The summed E-state index contributed by atoms with van der Waals surface area (Å²) in [4.78, 5) is 6.74. The molecule has 1 N–H and O–H groups in total. The van der Waals surface area contributed by atoms with E-state index in [0.29, 0.717) is 11.6 Å². The van der Waals surface area contributed by atoms with Crippen molar-refractivity contribution in [3.05, 3.63) is 52.7 Å². The molecular weight excluding hydrogens is 282 g/mol. The quantitative estimate of drug-likeness (QED) is 0.806. The van der Waals surface area contributed by atoms with Gasteiger partial charge in [-0.2, -0.15) is 0 Å². The van der Waals surface area contributed by atoms with Crippen LogP contribution >= 0.6 is 11.6 Å². The van der Waals surface area contributed by atoms with E-state index in [2.05, 4.69) is 53.3 Å². The van der Waals surface area contributed by atoms with Crippen LogP contribution in [0.1, 0.15) is 24.6 Å². The lowest BCUT2D eigenvalue weighted by Gasteiger charge is -2.19. The molecule has 0 amide bonds. The zero-order valence-electron chi connectivity index (χ0n) is 12.9. The Morgan fingerprint density at radius 2 is 1.86 bits per heavy atom. The summed E-state index contributed by atoms with van der Waals surface area (Å²) in [6.07, 6.45) is 1.10. The lowest BCUT2D eigenvalue weighted by molar-refractivity contribution is 0.664. The van der Waals surface area contributed by atoms with Crippen molar-refractivity contribution in [2.75, 3.05) is 18.5 Å². The summed E-state index contributed by atoms with van der Waals surface area (Å²) in [5.41, 5.74) is 3.25. The first kappa shape index (κ1) is 15.8. The van der Waals surface area contributed by atoms with Crippen molar-refractivity contribution >= 4 is 23.1 Å². The van der Waals surface area contributed by atoms with Crippen molar-refractivity contribution in [3.63, 3.8) is 0 Å². The number of hydrogen-bond acceptors (Lipinski definition) is 3. The average molecular weight is 304 g/mol. The number of rotatable bonds is 6. The fourth-order valence-electron chi connectivity index (χ4n) is 2.07. The number of hydrogen-bond donors (Lipinski definition) is 1. The van der Waals surface area contributed by atoms with E-state index in [1.807, 2.05) is 19.2 Å². The Morgan fingerprint density at radius 1 is 1.14 bits per heavy atom. The van der Waals surface area contributed by atoms with Crippen molar-refractivity contribution in [3.8, 4) is 0 Å². The standard InChI is InChI=1S/C17H22ClN3/c1-4-11-19-12-16-15(18)9-10-17(20-16)21(3)14-7-5-13(2)6-8-14/h5-10,19H,4,11-12H2,1-3H3. The Balaban J connectivity index is 2.19. The van der Waals surface area contributed by atoms with Gasteiger partial charge in [0.05, 0.1) is 10.7 Å². The third-order valence-corrected chi connectivity index (χ3v) is 3.73. The van der Waals surface area contributed by atoms with Crippen LogP contribution in [-0.4, -0.2) is 18.6 Å². The normalized spacial score (nSPS) is 10.7. The van der Waals surface area contributed by atoms with Crippen LogP contribution in [0.4, 0.5) is 11.5 Å². The highest BCUT2D eigenvalue weighted by molar-refractivity contribution is 6.31. The molecule has 2 rings (SSSR count). The second-order valence-electron chi connectivity index (χ2n) is 5.17. The molecule has 0 spiro atoms. The number of aromatic nitrogens is 1. The lowest BCUT2D eigenvalue weighted by atomic mass is 10.2. The lowest BCUT2D eigenvalue weighted by Crippen LogP contribution is -2.17. The molecule has 1 aromatic heterocycles. The van der Waals surface area contributed by atoms with Gasteiger partial charge in [-0.3, -0.25) is 0 Å². The van der Waals surface area contributed by atoms with Gasteiger partial charge >= 0.3 is 0 Å². The molecule has 0 aliphatic rings. The zero-order chi connectivity index (χ0) is 15.2. The molecule has 0 saturated carbocycles. The van der Waals surface area contributed by atoms with E-state index in [-0.39, 0.29) is 0 Å². The summed E-state index contributed by atoms with van der Waals surface area (Å²) < 4.78 is 0. The van der Waals surface area contributed by atoms with Crippen LogP contribution in [0.2, 0.25) is 5.02 Å². The van der Waals surface area contributed by atoms with Gasteiger partial charge in [-0.15, -0.1) is 0 Å². The molecule has 2 aromatic rings. The van der Waals surface area contributed by atoms with E-state index in [0.717, 1.165) is 30.2 Å². The van der Waals surface area contributed by atoms with Crippen LogP contribution in [-0.2, 0) is 6.54 Å². The maximum atomic E-state index is 6.23. The minimum absolute atomic E-state index is 0.697. The van der Waals surface area contributed by atoms with Crippen molar-refractivity contribution in [2.24, 2.45) is 0 Å². The minimum atomic E-state index is 0.697. The smallest absolute Gasteiger partial charge is 0.133 e. The van der Waals surface area contributed by atoms with Crippen LogP contribution in [0.3, 0.4) is 0 Å². The Morgan fingerprint density at radius 3 is 2.52 bits per heavy atom. The predicted octanol–water partition coefficient (Wildman–Crippen LogP) is 4.31. The van der Waals surface area contributed by atoms with E-state index in [4.69, 9.17) is 11.6 Å². The number of benzene rings is 1. The Kier molecular flexibility index (Phi) is 5.59. The zero-order valence-corrected chi connectivity index (χ0v) is 13.6. The molecule has 0 unspecified atom stereocenters. The molecule has 1 aromatic carbocycles. The molecule has 0 fully saturated rings. The van der Waals surface area contributed by atoms with E-state index in [1.165, 1.54) is 5.56 Å². The van der Waals surface area contributed by atoms with Gasteiger partial charge in [0.15, 0.2) is 0 Å². The number of anilines is 2. The van der Waals surface area contributed by atoms with Crippen molar-refractivity contribution < 1.29 is 0 Å². The first-order chi connectivity index (χ1) is 10.1. The molecule has 0 aliphatic carbocycles. The van der Waals surface area contributed by atoms with E-state index in [9.17, 15) is 0 Å². The molecule has 112 valence electrons. The largest absolute Gasteiger partial charge is 0.329 e. The molecule has 0 radical (unpaired) electrons. The van der Waals surface area contributed by atoms with Crippen LogP contribution in [0.15, 0.2) is 36.4 Å². The number of nitrogens with one attached hydrogen (secondary N) is 1. The fourth-order valence-corrected chi connectivity index (χ4v) is 2.24. The molecule has 21 heavy (non-hydrogen) atoms. The van der Waals surface area contributed by atoms with Gasteiger partial charge in [0.2, 0.25) is 0 Å². The molecule has 0 bridgehead atoms. The predicted molar refractivity (Wildman–Crippen MR) is 90.5 cm³/mol. The van der Waals surface area contributed by atoms with Crippen molar-refractivity contribution in [1.82, 2.24) is 10.3 Å². The Bertz CT molecular complexity index is 581. The van der Waals surface area contributed by atoms with Gasteiger partial charge < -0.3 is 10.2 Å². The second kappa shape index (κ2) is 7.43. The summed E-state index contributed by atoms with van der Waals surface area (Å²) in [6, 6.07) is 12.3. The second-order valence-corrected chi connectivity index (χ2v) is 5.58. The molecule has 1 heterocycles. The van der Waals surface area contributed by atoms with Gasteiger partial charge in [0, 0.05) is 19.3 Å². The van der Waals surface area contributed by atoms with Gasteiger partial charge in [-0.1, -0.05) is 36.2 Å². The van der Waals surface area contributed by atoms with Crippen molar-refractivity contribution in [2.45, 2.75) is 26.8 Å². The summed E-state index contributed by atoms with van der Waals surface area (Å²) >= 11 is 6.23. The Labute approximate surface area is 132 Å². The summed E-state index contributed by atoms with van der Waals surface area (Å²) in [6.45, 7) is 5.89. The first-order valence-electron chi connectivity index (χ1n) is 7.28. The van der Waals surface area contributed by atoms with Crippen LogP contribution in [0, 0.1) is 6.92 Å². The van der Waals surface area contributed by atoms with Gasteiger partial charge in [-0.25, -0.2) is 4.98 Å². The highest BCUT2D eigenvalue weighted by Gasteiger charge is 2.09. The fraction of sp³-hybridized carbons (Fsp3) is 0.353. The topological polar surface area (TPSA) is 28.2 Å². The third kappa shape index (κ3) is 4.19. The molecular formula is C17H22ClN3. The number of pyridine rings is 1. The molecule has 0 saturated heterocycles. The van der Waals surface area contributed by atoms with Crippen molar-refractivity contribution in [1.29, 1.82) is 0 Å². The molecule has 0 aliphatic heterocycles. The molecule has 3 nitrogen and oxygen atoms in total. The van der Waals surface area contributed by atoms with Gasteiger partial charge in [0.1, 0.15) is 5.82 Å². The van der Waals surface area contributed by atoms with E-state index in [1.54, 1.807) is 0 Å². The highest BCUT2D eigenvalue weighted by atomic mass is 35.5. The maximum Gasteiger partial charge on any atom is 0.133 e. The molecule has 4 heteroatoms. The monoisotopic (exact) mass is 303 g/mol. The van der Waals surface area contributed by atoms with Crippen LogP contribution in [0.25, 0.3) is 0 Å². The average Bonchev–Trinajstić information content (AvgIpc) is 2.49. The first-order valence-corrected chi connectivity index (χ1v) is 7.66. The number of halogens is 1. The number of aryl methyl sites for hydroxylation is 1. The van der Waals surface area contributed by atoms with Gasteiger partial charge in [0.25, 0.3) is 0 Å². The summed E-state index contributed by atoms with van der Waals surface area (Å²) in [5, 5.41) is 4.05. The maximum absolute atomic E-state index is 6.23. The summed E-state index contributed by atoms with van der Waals surface area (Å²) in [7, 11) is 2.02. The summed E-state index contributed by atoms with van der Waals surface area (Å²) in [5.74, 6) is 0.900. The van der Waals surface area contributed by atoms with Crippen LogP contribution < -0.4 is 10.2 Å². The Hall–Kier alpha value is -1.58. The van der Waals surface area contributed by atoms with E-state index >= 15 is 0 Å². The third-order valence-electron chi connectivity index (χ3n) is 3.39. The molecule has 0 atom stereocenters. The SMILES string of the molecule is CCCNCc1nc(N(C)c2ccc(C)cc2)ccc1Cl.